The largest absolute Gasteiger partial charge is 0.487 e. The molecule has 0 aliphatic heterocycles. The zero-order valence-electron chi connectivity index (χ0n) is 16.4. The Balaban J connectivity index is 2.28. The first-order valence-electron chi connectivity index (χ1n) is 9.50. The van der Waals surface area contributed by atoms with Gasteiger partial charge in [0.15, 0.2) is 5.96 Å². The molecule has 0 fully saturated rings. The molecule has 2 aromatic carbocycles. The number of anilines is 1. The van der Waals surface area contributed by atoms with Crippen LogP contribution in [-0.2, 0) is 6.61 Å². The predicted molar refractivity (Wildman–Crippen MR) is 118 cm³/mol. The van der Waals surface area contributed by atoms with E-state index in [1.165, 1.54) is 0 Å². The van der Waals surface area contributed by atoms with Crippen LogP contribution >= 0.6 is 0 Å². The summed E-state index contributed by atoms with van der Waals surface area (Å²) in [5, 5.41) is 8.78. The van der Waals surface area contributed by atoms with Crippen molar-refractivity contribution in [1.29, 1.82) is 5.41 Å². The van der Waals surface area contributed by atoms with Crippen LogP contribution in [-0.4, -0.2) is 37.0 Å². The number of hydrogen-bond acceptors (Lipinski definition) is 3. The maximum Gasteiger partial charge on any atom is 0.198 e. The molecule has 0 bridgehead atoms. The van der Waals surface area contributed by atoms with Gasteiger partial charge in [0.05, 0.1) is 5.69 Å². The van der Waals surface area contributed by atoms with E-state index in [9.17, 15) is 0 Å². The van der Waals surface area contributed by atoms with Gasteiger partial charge in [0.25, 0.3) is 0 Å². The fourth-order valence-corrected chi connectivity index (χ4v) is 2.86. The van der Waals surface area contributed by atoms with E-state index >= 15 is 0 Å². The van der Waals surface area contributed by atoms with E-state index in [1.54, 1.807) is 12.2 Å². The van der Waals surface area contributed by atoms with Crippen LogP contribution < -0.4 is 15.4 Å². The molecule has 0 saturated heterocycles. The molecule has 0 aliphatic carbocycles. The minimum absolute atomic E-state index is 0.379. The van der Waals surface area contributed by atoms with Crippen LogP contribution in [0.2, 0.25) is 0 Å². The van der Waals surface area contributed by atoms with Crippen LogP contribution in [0, 0.1) is 5.41 Å². The Labute approximate surface area is 168 Å². The average molecular weight is 379 g/mol. The van der Waals surface area contributed by atoms with Gasteiger partial charge in [0.1, 0.15) is 12.4 Å². The van der Waals surface area contributed by atoms with Gasteiger partial charge in [-0.15, -0.1) is 13.2 Å². The van der Waals surface area contributed by atoms with Crippen LogP contribution in [0.4, 0.5) is 5.69 Å². The molecule has 148 valence electrons. The summed E-state index contributed by atoms with van der Waals surface area (Å²) in [5.41, 5.74) is 7.70. The van der Waals surface area contributed by atoms with E-state index < -0.39 is 0 Å². The topological polar surface area (TPSA) is 65.6 Å². The Morgan fingerprint density at radius 3 is 2.29 bits per heavy atom. The summed E-state index contributed by atoms with van der Waals surface area (Å²) in [5.74, 6) is 1.12. The number of nitrogens with one attached hydrogen (secondary N) is 1. The second-order valence-electron chi connectivity index (χ2n) is 6.34. The number of benzene rings is 2. The number of nitrogens with two attached hydrogens (primary N) is 1. The fraction of sp³-hybridized carbons (Fsp3) is 0.261. The van der Waals surface area contributed by atoms with Gasteiger partial charge in [-0.3, -0.25) is 5.41 Å². The summed E-state index contributed by atoms with van der Waals surface area (Å²) >= 11 is 0. The van der Waals surface area contributed by atoms with Gasteiger partial charge in [0.2, 0.25) is 0 Å². The molecule has 2 rings (SSSR count). The molecule has 0 atom stereocenters. The monoisotopic (exact) mass is 378 g/mol. The van der Waals surface area contributed by atoms with E-state index in [1.807, 2.05) is 64.4 Å². The Hall–Kier alpha value is -3.05. The SMILES string of the molecule is C=CCN(CC=C)C(=N)N(CCCN)c1ccccc1OCc1ccccc1. The standard InChI is InChI=1S/C23H30N4O/c1-3-16-26(17-4-2)23(25)27(18-10-15-24)21-13-8-9-14-22(21)28-19-20-11-6-5-7-12-20/h3-9,11-14,25H,1-2,10,15-19,24H2. The first-order valence-corrected chi connectivity index (χ1v) is 9.50. The van der Waals surface area contributed by atoms with Gasteiger partial charge in [-0.1, -0.05) is 54.6 Å². The van der Waals surface area contributed by atoms with Crippen molar-refractivity contribution in [2.75, 3.05) is 31.1 Å². The molecule has 0 spiro atoms. The van der Waals surface area contributed by atoms with Crippen LogP contribution in [0.15, 0.2) is 79.9 Å². The highest BCUT2D eigenvalue weighted by Gasteiger charge is 2.20. The van der Waals surface area contributed by atoms with Crippen LogP contribution in [0.1, 0.15) is 12.0 Å². The second-order valence-corrected chi connectivity index (χ2v) is 6.34. The van der Waals surface area contributed by atoms with Gasteiger partial charge < -0.3 is 20.3 Å². The Morgan fingerprint density at radius 2 is 1.64 bits per heavy atom. The fourth-order valence-electron chi connectivity index (χ4n) is 2.86. The summed E-state index contributed by atoms with van der Waals surface area (Å²) in [6.45, 7) is 10.4. The molecule has 5 nitrogen and oxygen atoms in total. The Morgan fingerprint density at radius 1 is 1.00 bits per heavy atom. The summed E-state index contributed by atoms with van der Waals surface area (Å²) in [7, 11) is 0. The Bertz CT molecular complexity index is 750. The molecule has 0 aromatic heterocycles. The number of hydrogen-bond donors (Lipinski definition) is 2. The number of para-hydroxylation sites is 2. The lowest BCUT2D eigenvalue weighted by Gasteiger charge is -2.33. The lowest BCUT2D eigenvalue weighted by atomic mass is 10.2. The zero-order chi connectivity index (χ0) is 20.2. The van der Waals surface area contributed by atoms with Crippen molar-refractivity contribution in [2.45, 2.75) is 13.0 Å². The van der Waals surface area contributed by atoms with Gasteiger partial charge in [0, 0.05) is 19.6 Å². The van der Waals surface area contributed by atoms with Crippen LogP contribution in [0.3, 0.4) is 0 Å². The first-order chi connectivity index (χ1) is 13.7. The molecule has 0 radical (unpaired) electrons. The molecule has 5 heteroatoms. The van der Waals surface area contributed by atoms with Gasteiger partial charge in [-0.25, -0.2) is 0 Å². The lowest BCUT2D eigenvalue weighted by Crippen LogP contribution is -2.45. The van der Waals surface area contributed by atoms with Gasteiger partial charge >= 0.3 is 0 Å². The molecule has 0 aliphatic rings. The van der Waals surface area contributed by atoms with Crippen molar-refractivity contribution in [3.05, 3.63) is 85.5 Å². The van der Waals surface area contributed by atoms with Crippen LogP contribution in [0.5, 0.6) is 5.75 Å². The third-order valence-electron chi connectivity index (χ3n) is 4.23. The molecule has 28 heavy (non-hydrogen) atoms. The molecular weight excluding hydrogens is 348 g/mol. The number of rotatable bonds is 11. The van der Waals surface area contributed by atoms with Crippen molar-refractivity contribution in [3.8, 4) is 5.75 Å². The number of guanidine groups is 1. The van der Waals surface area contributed by atoms with E-state index in [0.29, 0.717) is 38.7 Å². The zero-order valence-corrected chi connectivity index (χ0v) is 16.4. The number of ether oxygens (including phenoxy) is 1. The highest BCUT2D eigenvalue weighted by atomic mass is 16.5. The van der Waals surface area contributed by atoms with E-state index in [-0.39, 0.29) is 0 Å². The summed E-state index contributed by atoms with van der Waals surface area (Å²) in [4.78, 5) is 3.85. The lowest BCUT2D eigenvalue weighted by molar-refractivity contribution is 0.307. The molecule has 0 saturated carbocycles. The molecule has 2 aromatic rings. The first kappa shape index (κ1) is 21.3. The van der Waals surface area contributed by atoms with Crippen molar-refractivity contribution in [3.63, 3.8) is 0 Å². The normalized spacial score (nSPS) is 10.2. The molecule has 0 amide bonds. The van der Waals surface area contributed by atoms with Crippen molar-refractivity contribution in [2.24, 2.45) is 5.73 Å². The highest BCUT2D eigenvalue weighted by Crippen LogP contribution is 2.29. The Kier molecular flexibility index (Phi) is 8.82. The number of nitrogens with zero attached hydrogens (tertiary/aromatic N) is 2. The maximum absolute atomic E-state index is 8.78. The molecular formula is C23H30N4O. The van der Waals surface area contributed by atoms with Crippen LogP contribution in [0.25, 0.3) is 0 Å². The summed E-state index contributed by atoms with van der Waals surface area (Å²) < 4.78 is 6.11. The molecule has 0 heterocycles. The highest BCUT2D eigenvalue weighted by molar-refractivity contribution is 5.95. The van der Waals surface area contributed by atoms with Gasteiger partial charge in [-0.05, 0) is 30.7 Å². The van der Waals surface area contributed by atoms with Crippen molar-refractivity contribution < 1.29 is 4.74 Å². The maximum atomic E-state index is 8.78. The molecule has 0 unspecified atom stereocenters. The second kappa shape index (κ2) is 11.6. The molecule has 3 N–H and O–H groups in total. The third kappa shape index (κ3) is 5.99. The van der Waals surface area contributed by atoms with E-state index in [2.05, 4.69) is 13.2 Å². The average Bonchev–Trinajstić information content (AvgIpc) is 2.73. The third-order valence-corrected chi connectivity index (χ3v) is 4.23. The van der Waals surface area contributed by atoms with Gasteiger partial charge in [-0.2, -0.15) is 0 Å². The van der Waals surface area contributed by atoms with E-state index in [0.717, 1.165) is 23.4 Å². The van der Waals surface area contributed by atoms with Crippen molar-refractivity contribution in [1.82, 2.24) is 4.90 Å². The minimum atomic E-state index is 0.379. The summed E-state index contributed by atoms with van der Waals surface area (Å²) in [6.07, 6.45) is 4.35. The quantitative estimate of drug-likeness (QED) is 0.352. The summed E-state index contributed by atoms with van der Waals surface area (Å²) in [6, 6.07) is 17.9. The smallest absolute Gasteiger partial charge is 0.198 e. The predicted octanol–water partition coefficient (Wildman–Crippen LogP) is 4.03. The minimum Gasteiger partial charge on any atom is -0.487 e. The van der Waals surface area contributed by atoms with Crippen molar-refractivity contribution >= 4 is 11.6 Å². The van der Waals surface area contributed by atoms with E-state index in [4.69, 9.17) is 15.9 Å².